The molecule has 0 saturated carbocycles. The number of carbonyl (C=O) groups is 1. The number of aliphatic hydroxyl groups excluding tert-OH is 1. The molecular weight excluding hydrogens is 457 g/mol. The highest BCUT2D eigenvalue weighted by molar-refractivity contribution is 7.45. The van der Waals surface area contributed by atoms with Crippen LogP contribution in [0, 0.1) is 0 Å². The molecule has 0 aromatic rings. The summed E-state index contributed by atoms with van der Waals surface area (Å²) in [5.74, 6) is -0.451. The van der Waals surface area contributed by atoms with Crippen molar-refractivity contribution in [1.82, 2.24) is 0 Å². The number of quaternary nitrogens is 1. The molecular formula is C25H52NO7P. The second-order valence-corrected chi connectivity index (χ2v) is 11.6. The lowest BCUT2D eigenvalue weighted by molar-refractivity contribution is -0.870. The minimum Gasteiger partial charge on any atom is -0.756 e. The van der Waals surface area contributed by atoms with Crippen LogP contribution < -0.4 is 4.89 Å². The van der Waals surface area contributed by atoms with Crippen LogP contribution in [0.3, 0.4) is 0 Å². The fourth-order valence-electron chi connectivity index (χ4n) is 3.47. The van der Waals surface area contributed by atoms with Crippen LogP contribution in [0.1, 0.15) is 103 Å². The Kier molecular flexibility index (Phi) is 20.4. The number of unbranched alkanes of at least 4 members (excludes halogenated alkanes) is 13. The molecule has 0 fully saturated rings. The lowest BCUT2D eigenvalue weighted by Gasteiger charge is -2.28. The largest absolute Gasteiger partial charge is 0.756 e. The molecule has 0 aliphatic heterocycles. The maximum absolute atomic E-state index is 12.0. The fourth-order valence-corrected chi connectivity index (χ4v) is 4.20. The van der Waals surface area contributed by atoms with E-state index in [1.807, 2.05) is 21.1 Å². The molecule has 34 heavy (non-hydrogen) atoms. The lowest BCUT2D eigenvalue weighted by Crippen LogP contribution is -2.37. The quantitative estimate of drug-likeness (QED) is 0.0847. The molecule has 0 saturated heterocycles. The summed E-state index contributed by atoms with van der Waals surface area (Å²) in [7, 11) is 1.24. The molecule has 0 bridgehead atoms. The van der Waals surface area contributed by atoms with Gasteiger partial charge in [-0.2, -0.15) is 0 Å². The van der Waals surface area contributed by atoms with Gasteiger partial charge in [-0.1, -0.05) is 90.4 Å². The summed E-state index contributed by atoms with van der Waals surface area (Å²) >= 11 is 0. The Labute approximate surface area is 208 Å². The standard InChI is InChI=1S/C25H52NO7P/c1-5-6-7-8-9-10-11-12-13-14-15-16-17-18-19-25(28)33-24(22-27)23-32-34(29,30)31-21-20-26(2,3)4/h24,27H,5-23H2,1-4H3/t24-/m0/s1. The summed E-state index contributed by atoms with van der Waals surface area (Å²) in [5, 5.41) is 9.36. The smallest absolute Gasteiger partial charge is 0.306 e. The Bertz CT molecular complexity index is 540. The summed E-state index contributed by atoms with van der Waals surface area (Å²) in [6.07, 6.45) is 16.6. The third-order valence-corrected chi connectivity index (χ3v) is 6.63. The van der Waals surface area contributed by atoms with E-state index in [-0.39, 0.29) is 13.0 Å². The number of likely N-dealkylation sites (N-methyl/N-ethyl adjacent to an activating group) is 1. The molecule has 0 rings (SSSR count). The Morgan fingerprint density at radius 3 is 1.76 bits per heavy atom. The predicted molar refractivity (Wildman–Crippen MR) is 134 cm³/mol. The summed E-state index contributed by atoms with van der Waals surface area (Å²) < 4.78 is 27.0. The first-order valence-corrected chi connectivity index (χ1v) is 14.8. The minimum absolute atomic E-state index is 0.00696. The van der Waals surface area contributed by atoms with Gasteiger partial charge in [0.05, 0.1) is 34.4 Å². The van der Waals surface area contributed by atoms with Crippen molar-refractivity contribution in [2.45, 2.75) is 109 Å². The number of carbonyl (C=O) groups excluding carboxylic acids is 1. The SMILES string of the molecule is CCCCCCCCCCCCCCCCC(=O)O[C@@H](CO)COP(=O)([O-])OCC[N+](C)(C)C. The second kappa shape index (κ2) is 20.7. The molecule has 0 aromatic carbocycles. The first-order valence-electron chi connectivity index (χ1n) is 13.3. The van der Waals surface area contributed by atoms with Crippen molar-refractivity contribution in [2.24, 2.45) is 0 Å². The van der Waals surface area contributed by atoms with E-state index in [9.17, 15) is 19.4 Å². The van der Waals surface area contributed by atoms with Gasteiger partial charge in [0.25, 0.3) is 7.82 Å². The van der Waals surface area contributed by atoms with E-state index in [4.69, 9.17) is 13.8 Å². The Balaban J connectivity index is 3.71. The molecule has 9 heteroatoms. The van der Waals surface area contributed by atoms with Crippen molar-refractivity contribution in [3.05, 3.63) is 0 Å². The van der Waals surface area contributed by atoms with Crippen molar-refractivity contribution < 1.29 is 37.6 Å². The van der Waals surface area contributed by atoms with E-state index in [2.05, 4.69) is 6.92 Å². The van der Waals surface area contributed by atoms with E-state index < -0.39 is 33.1 Å². The summed E-state index contributed by atoms with van der Waals surface area (Å²) in [4.78, 5) is 23.8. The Morgan fingerprint density at radius 2 is 1.32 bits per heavy atom. The highest BCUT2D eigenvalue weighted by Gasteiger charge is 2.19. The van der Waals surface area contributed by atoms with E-state index in [0.717, 1.165) is 19.3 Å². The molecule has 0 aromatic heterocycles. The lowest BCUT2D eigenvalue weighted by atomic mass is 10.0. The molecule has 8 nitrogen and oxygen atoms in total. The first-order chi connectivity index (χ1) is 16.1. The van der Waals surface area contributed by atoms with Crippen LogP contribution in [0.5, 0.6) is 0 Å². The summed E-state index contributed by atoms with van der Waals surface area (Å²) in [6, 6.07) is 0. The van der Waals surface area contributed by atoms with E-state index in [1.54, 1.807) is 0 Å². The zero-order valence-electron chi connectivity index (χ0n) is 22.3. The number of hydrogen-bond acceptors (Lipinski definition) is 7. The third kappa shape index (κ3) is 23.3. The number of hydrogen-bond donors (Lipinski definition) is 1. The van der Waals surface area contributed by atoms with Crippen LogP contribution in [-0.2, 0) is 23.1 Å². The molecule has 0 amide bonds. The second-order valence-electron chi connectivity index (χ2n) is 10.2. The van der Waals surface area contributed by atoms with Crippen LogP contribution in [0.15, 0.2) is 0 Å². The monoisotopic (exact) mass is 509 g/mol. The molecule has 0 heterocycles. The van der Waals surface area contributed by atoms with Crippen LogP contribution in [0.2, 0.25) is 0 Å². The van der Waals surface area contributed by atoms with Gasteiger partial charge in [0.15, 0.2) is 0 Å². The molecule has 0 radical (unpaired) electrons. The topological polar surface area (TPSA) is 105 Å². The molecule has 204 valence electrons. The number of nitrogens with zero attached hydrogens (tertiary/aromatic N) is 1. The van der Waals surface area contributed by atoms with Crippen LogP contribution >= 0.6 is 7.82 Å². The number of phosphoric ester groups is 1. The van der Waals surface area contributed by atoms with Crippen molar-refractivity contribution >= 4 is 13.8 Å². The molecule has 1 unspecified atom stereocenters. The molecule has 2 atom stereocenters. The van der Waals surface area contributed by atoms with Gasteiger partial charge < -0.3 is 28.3 Å². The first kappa shape index (κ1) is 33.5. The predicted octanol–water partition coefficient (Wildman–Crippen LogP) is 4.97. The number of aliphatic hydroxyl groups is 1. The maximum atomic E-state index is 12.0. The van der Waals surface area contributed by atoms with E-state index in [0.29, 0.717) is 11.0 Å². The van der Waals surface area contributed by atoms with Crippen molar-refractivity contribution in [2.75, 3.05) is 47.5 Å². The zero-order chi connectivity index (χ0) is 25.7. The Morgan fingerprint density at radius 1 is 0.853 bits per heavy atom. The van der Waals surface area contributed by atoms with Crippen LogP contribution in [0.4, 0.5) is 0 Å². The van der Waals surface area contributed by atoms with Gasteiger partial charge in [0.1, 0.15) is 19.3 Å². The molecule has 0 aliphatic carbocycles. The summed E-state index contributed by atoms with van der Waals surface area (Å²) in [6.45, 7) is 1.77. The normalized spacial score (nSPS) is 14.6. The third-order valence-electron chi connectivity index (χ3n) is 5.67. The molecule has 1 N–H and O–H groups in total. The number of ether oxygens (including phenoxy) is 1. The van der Waals surface area contributed by atoms with E-state index in [1.165, 1.54) is 70.6 Å². The van der Waals surface area contributed by atoms with Gasteiger partial charge in [-0.15, -0.1) is 0 Å². The van der Waals surface area contributed by atoms with Gasteiger partial charge in [-0.05, 0) is 6.42 Å². The van der Waals surface area contributed by atoms with E-state index >= 15 is 0 Å². The molecule has 0 aliphatic rings. The van der Waals surface area contributed by atoms with Gasteiger partial charge in [-0.3, -0.25) is 9.36 Å². The van der Waals surface area contributed by atoms with Crippen LogP contribution in [0.25, 0.3) is 0 Å². The molecule has 0 spiro atoms. The van der Waals surface area contributed by atoms with Gasteiger partial charge >= 0.3 is 5.97 Å². The number of rotatable bonds is 24. The minimum atomic E-state index is -4.50. The highest BCUT2D eigenvalue weighted by Crippen LogP contribution is 2.38. The van der Waals surface area contributed by atoms with Gasteiger partial charge in [0.2, 0.25) is 0 Å². The fraction of sp³-hybridized carbons (Fsp3) is 0.960. The van der Waals surface area contributed by atoms with Crippen LogP contribution in [-0.4, -0.2) is 69.2 Å². The van der Waals surface area contributed by atoms with Crippen molar-refractivity contribution in [3.63, 3.8) is 0 Å². The Hall–Kier alpha value is -0.500. The van der Waals surface area contributed by atoms with Crippen molar-refractivity contribution in [1.29, 1.82) is 0 Å². The number of phosphoric acid groups is 1. The summed E-state index contributed by atoms with van der Waals surface area (Å²) in [5.41, 5.74) is 0. The van der Waals surface area contributed by atoms with Gasteiger partial charge in [-0.25, -0.2) is 0 Å². The highest BCUT2D eigenvalue weighted by atomic mass is 31.2. The average Bonchev–Trinajstić information content (AvgIpc) is 2.75. The zero-order valence-corrected chi connectivity index (χ0v) is 23.2. The number of esters is 1. The maximum Gasteiger partial charge on any atom is 0.306 e. The van der Waals surface area contributed by atoms with Crippen molar-refractivity contribution in [3.8, 4) is 0 Å². The average molecular weight is 510 g/mol. The van der Waals surface area contributed by atoms with Gasteiger partial charge in [0, 0.05) is 6.42 Å².